The van der Waals surface area contributed by atoms with E-state index in [1.165, 1.54) is 148 Å². The van der Waals surface area contributed by atoms with Gasteiger partial charge in [-0.15, -0.1) is 0 Å². The Balaban J connectivity index is 3.53. The second-order valence-corrected chi connectivity index (χ2v) is 18.2. The molecular formula is C55H103NO5. The number of ether oxygens (including phenoxy) is 1. The van der Waals surface area contributed by atoms with Gasteiger partial charge in [-0.2, -0.15) is 0 Å². The third kappa shape index (κ3) is 47.4. The normalized spacial score (nSPS) is 12.9. The van der Waals surface area contributed by atoms with Crippen LogP contribution in [0, 0.1) is 0 Å². The first-order chi connectivity index (χ1) is 30.0. The van der Waals surface area contributed by atoms with Crippen molar-refractivity contribution in [1.82, 2.24) is 5.32 Å². The van der Waals surface area contributed by atoms with E-state index in [4.69, 9.17) is 4.74 Å². The van der Waals surface area contributed by atoms with Gasteiger partial charge in [0.2, 0.25) is 5.91 Å². The smallest absolute Gasteiger partial charge is 0.305 e. The van der Waals surface area contributed by atoms with Gasteiger partial charge in [-0.25, -0.2) is 0 Å². The quantitative estimate of drug-likeness (QED) is 0.0322. The standard InChI is InChI=1S/C55H103NO5/c1-3-5-7-9-11-13-15-17-19-20-21-23-24-27-31-35-39-43-47-53(58)52(51-57)56-54(59)48-44-40-36-32-28-26-30-34-38-42-46-50-61-55(60)49-45-41-37-33-29-25-22-18-16-14-12-10-8-6-4-2/h12,14,18,22,30,34,52-53,57-58H,3-11,13,15-17,19-21,23-29,31-33,35-51H2,1-2H3,(H,56,59)/b14-12-,22-18-,34-30-. The Morgan fingerprint density at radius 2 is 0.820 bits per heavy atom. The Morgan fingerprint density at radius 1 is 0.459 bits per heavy atom. The summed E-state index contributed by atoms with van der Waals surface area (Å²) in [6, 6.07) is -0.564. The predicted octanol–water partition coefficient (Wildman–Crippen LogP) is 16.1. The van der Waals surface area contributed by atoms with Gasteiger partial charge in [-0.3, -0.25) is 9.59 Å². The first-order valence-electron chi connectivity index (χ1n) is 26.7. The molecule has 0 aliphatic rings. The van der Waals surface area contributed by atoms with Crippen LogP contribution in [0.3, 0.4) is 0 Å². The van der Waals surface area contributed by atoms with Crippen molar-refractivity contribution in [2.75, 3.05) is 13.2 Å². The van der Waals surface area contributed by atoms with Gasteiger partial charge < -0.3 is 20.3 Å². The van der Waals surface area contributed by atoms with Crippen LogP contribution in [0.4, 0.5) is 0 Å². The number of allylic oxidation sites excluding steroid dienone is 6. The number of unbranched alkanes of at least 4 members (excludes halogenated alkanes) is 32. The van der Waals surface area contributed by atoms with Crippen molar-refractivity contribution in [3.05, 3.63) is 36.5 Å². The summed E-state index contributed by atoms with van der Waals surface area (Å²) >= 11 is 0. The fourth-order valence-corrected chi connectivity index (χ4v) is 8.02. The van der Waals surface area contributed by atoms with Gasteiger partial charge in [-0.1, -0.05) is 217 Å². The first-order valence-corrected chi connectivity index (χ1v) is 26.7. The van der Waals surface area contributed by atoms with Crippen LogP contribution < -0.4 is 5.32 Å². The Kier molecular flexibility index (Phi) is 49.1. The van der Waals surface area contributed by atoms with Crippen LogP contribution >= 0.6 is 0 Å². The summed E-state index contributed by atoms with van der Waals surface area (Å²) in [5, 5.41) is 23.3. The van der Waals surface area contributed by atoms with E-state index in [9.17, 15) is 19.8 Å². The minimum Gasteiger partial charge on any atom is -0.466 e. The highest BCUT2D eigenvalue weighted by Crippen LogP contribution is 2.16. The lowest BCUT2D eigenvalue weighted by atomic mass is 10.0. The molecule has 3 N–H and O–H groups in total. The van der Waals surface area contributed by atoms with Crippen molar-refractivity contribution in [1.29, 1.82) is 0 Å². The van der Waals surface area contributed by atoms with Crippen LogP contribution in [0.25, 0.3) is 0 Å². The van der Waals surface area contributed by atoms with Gasteiger partial charge >= 0.3 is 5.97 Å². The summed E-state index contributed by atoms with van der Waals surface area (Å²) in [6.07, 6.45) is 61.2. The SMILES string of the molecule is CCCCC/C=C\C/C=C\CCCCCCCC(=O)OCCCC/C=C\CCCCCCCC(=O)NC(CO)C(O)CCCCCCCCCCCCCCCCCCCC. The number of aliphatic hydroxyl groups excluding tert-OH is 2. The molecule has 61 heavy (non-hydrogen) atoms. The van der Waals surface area contributed by atoms with Crippen molar-refractivity contribution >= 4 is 11.9 Å². The summed E-state index contributed by atoms with van der Waals surface area (Å²) in [6.45, 7) is 4.84. The second kappa shape index (κ2) is 50.7. The fraction of sp³-hybridized carbons (Fsp3) is 0.855. The number of hydrogen-bond donors (Lipinski definition) is 3. The molecule has 0 fully saturated rings. The second-order valence-electron chi connectivity index (χ2n) is 18.2. The zero-order valence-corrected chi connectivity index (χ0v) is 40.6. The number of rotatable bonds is 49. The topological polar surface area (TPSA) is 95.9 Å². The summed E-state index contributed by atoms with van der Waals surface area (Å²) in [5.41, 5.74) is 0. The molecular weight excluding hydrogens is 755 g/mol. The molecule has 2 unspecified atom stereocenters. The van der Waals surface area contributed by atoms with E-state index in [1.807, 2.05) is 0 Å². The Hall–Kier alpha value is -1.92. The average molecular weight is 858 g/mol. The van der Waals surface area contributed by atoms with Gasteiger partial charge in [0, 0.05) is 12.8 Å². The molecule has 0 saturated heterocycles. The molecule has 0 radical (unpaired) electrons. The number of esters is 1. The van der Waals surface area contributed by atoms with E-state index in [-0.39, 0.29) is 18.5 Å². The number of carbonyl (C=O) groups is 2. The molecule has 0 aliphatic carbocycles. The molecule has 0 aromatic carbocycles. The number of nitrogens with one attached hydrogen (secondary N) is 1. The molecule has 0 aromatic rings. The molecule has 2 atom stereocenters. The van der Waals surface area contributed by atoms with E-state index in [2.05, 4.69) is 55.6 Å². The van der Waals surface area contributed by atoms with Gasteiger partial charge in [0.1, 0.15) is 0 Å². The molecule has 0 spiro atoms. The fourth-order valence-electron chi connectivity index (χ4n) is 8.02. The first kappa shape index (κ1) is 59.1. The largest absolute Gasteiger partial charge is 0.466 e. The monoisotopic (exact) mass is 858 g/mol. The average Bonchev–Trinajstić information content (AvgIpc) is 3.26. The van der Waals surface area contributed by atoms with Crippen molar-refractivity contribution in [2.24, 2.45) is 0 Å². The van der Waals surface area contributed by atoms with Crippen LogP contribution in [-0.4, -0.2) is 47.4 Å². The summed E-state index contributed by atoms with van der Waals surface area (Å²) < 4.78 is 5.43. The minimum atomic E-state index is -0.684. The van der Waals surface area contributed by atoms with Crippen molar-refractivity contribution in [3.63, 3.8) is 0 Å². The predicted molar refractivity (Wildman–Crippen MR) is 264 cm³/mol. The Labute approximate surface area is 379 Å². The highest BCUT2D eigenvalue weighted by molar-refractivity contribution is 5.76. The van der Waals surface area contributed by atoms with E-state index in [0.717, 1.165) is 96.3 Å². The highest BCUT2D eigenvalue weighted by atomic mass is 16.5. The maximum Gasteiger partial charge on any atom is 0.305 e. The summed E-state index contributed by atoms with van der Waals surface area (Å²) in [5.74, 6) is -0.109. The highest BCUT2D eigenvalue weighted by Gasteiger charge is 2.20. The lowest BCUT2D eigenvalue weighted by molar-refractivity contribution is -0.143. The molecule has 6 heteroatoms. The number of hydrogen-bond acceptors (Lipinski definition) is 5. The molecule has 0 bridgehead atoms. The van der Waals surface area contributed by atoms with Gasteiger partial charge in [0.05, 0.1) is 25.4 Å². The zero-order valence-electron chi connectivity index (χ0n) is 40.6. The Morgan fingerprint density at radius 3 is 1.30 bits per heavy atom. The van der Waals surface area contributed by atoms with Gasteiger partial charge in [0.15, 0.2) is 0 Å². The van der Waals surface area contributed by atoms with E-state index >= 15 is 0 Å². The molecule has 358 valence electrons. The summed E-state index contributed by atoms with van der Waals surface area (Å²) in [7, 11) is 0. The zero-order chi connectivity index (χ0) is 44.4. The van der Waals surface area contributed by atoms with Crippen LogP contribution in [-0.2, 0) is 14.3 Å². The number of amides is 1. The molecule has 0 rings (SSSR count). The van der Waals surface area contributed by atoms with Gasteiger partial charge in [-0.05, 0) is 83.5 Å². The van der Waals surface area contributed by atoms with E-state index in [0.29, 0.717) is 25.9 Å². The maximum atomic E-state index is 12.5. The lowest BCUT2D eigenvalue weighted by Gasteiger charge is -2.22. The van der Waals surface area contributed by atoms with Crippen LogP contribution in [0.2, 0.25) is 0 Å². The van der Waals surface area contributed by atoms with Crippen LogP contribution in [0.5, 0.6) is 0 Å². The summed E-state index contributed by atoms with van der Waals surface area (Å²) in [4.78, 5) is 24.5. The van der Waals surface area contributed by atoms with E-state index in [1.54, 1.807) is 0 Å². The third-order valence-electron chi connectivity index (χ3n) is 12.2. The van der Waals surface area contributed by atoms with Crippen molar-refractivity contribution < 1.29 is 24.5 Å². The van der Waals surface area contributed by atoms with Crippen LogP contribution in [0.1, 0.15) is 277 Å². The minimum absolute atomic E-state index is 0.0452. The molecule has 1 amide bonds. The molecule has 0 aromatic heterocycles. The molecule has 0 heterocycles. The molecule has 6 nitrogen and oxygen atoms in total. The van der Waals surface area contributed by atoms with E-state index < -0.39 is 12.1 Å². The van der Waals surface area contributed by atoms with Crippen molar-refractivity contribution in [2.45, 2.75) is 289 Å². The Bertz CT molecular complexity index is 993. The maximum absolute atomic E-state index is 12.5. The molecule has 0 aliphatic heterocycles. The number of aliphatic hydroxyl groups is 2. The molecule has 0 saturated carbocycles. The van der Waals surface area contributed by atoms with Gasteiger partial charge in [0.25, 0.3) is 0 Å². The van der Waals surface area contributed by atoms with Crippen LogP contribution in [0.15, 0.2) is 36.5 Å². The van der Waals surface area contributed by atoms with Crippen molar-refractivity contribution in [3.8, 4) is 0 Å². The number of carbonyl (C=O) groups excluding carboxylic acids is 2. The lowest BCUT2D eigenvalue weighted by Crippen LogP contribution is -2.45. The third-order valence-corrected chi connectivity index (χ3v) is 12.2.